The topological polar surface area (TPSA) is 55.5 Å². The van der Waals surface area contributed by atoms with Crippen molar-refractivity contribution in [1.29, 1.82) is 0 Å². The monoisotopic (exact) mass is 429 g/mol. The first-order chi connectivity index (χ1) is 15.7. The number of para-hydroxylation sites is 2. The number of carbonyl (C=O) groups is 1. The second-order valence-electron chi connectivity index (χ2n) is 9.10. The zero-order valence-electron chi connectivity index (χ0n) is 18.7. The Morgan fingerprint density at radius 3 is 2.53 bits per heavy atom. The second-order valence-corrected chi connectivity index (χ2v) is 9.10. The maximum atomic E-state index is 14.0. The van der Waals surface area contributed by atoms with Gasteiger partial charge in [0, 0.05) is 23.0 Å². The minimum atomic E-state index is -0.507. The number of benzene rings is 2. The van der Waals surface area contributed by atoms with Gasteiger partial charge in [-0.3, -0.25) is 14.2 Å². The number of unbranched alkanes of at least 4 members (excludes halogenated alkanes) is 1. The third-order valence-electron chi connectivity index (χ3n) is 6.94. The van der Waals surface area contributed by atoms with Crippen LogP contribution in [0, 0.1) is 0 Å². The number of rotatable bonds is 6. The Labute approximate surface area is 188 Å². The Morgan fingerprint density at radius 2 is 1.75 bits per heavy atom. The van der Waals surface area contributed by atoms with Crippen LogP contribution in [0.15, 0.2) is 59.5 Å². The number of nitrogens with zero attached hydrogens (tertiary/aromatic N) is 2. The molecule has 166 valence electrons. The van der Waals surface area contributed by atoms with E-state index in [0.717, 1.165) is 60.3 Å². The minimum absolute atomic E-state index is 0.0159. The predicted molar refractivity (Wildman–Crippen MR) is 130 cm³/mol. The molecule has 0 aliphatic heterocycles. The molecule has 5 nitrogen and oxygen atoms in total. The Balaban J connectivity index is 1.71. The van der Waals surface area contributed by atoms with Gasteiger partial charge in [-0.25, -0.2) is 0 Å². The number of amides is 1. The van der Waals surface area contributed by atoms with E-state index in [9.17, 15) is 9.59 Å². The number of carbonyl (C=O) groups excluding carboxylic acids is 1. The van der Waals surface area contributed by atoms with Crippen LogP contribution in [0.2, 0.25) is 0 Å². The van der Waals surface area contributed by atoms with Gasteiger partial charge in [0.1, 0.15) is 11.6 Å². The van der Waals surface area contributed by atoms with Crippen LogP contribution in [0.1, 0.15) is 64.3 Å². The number of nitrogens with one attached hydrogen (secondary N) is 1. The van der Waals surface area contributed by atoms with Gasteiger partial charge in [-0.1, -0.05) is 75.4 Å². The van der Waals surface area contributed by atoms with Gasteiger partial charge in [0.05, 0.1) is 11.0 Å². The lowest BCUT2D eigenvalue weighted by Gasteiger charge is -2.27. The van der Waals surface area contributed by atoms with Gasteiger partial charge >= 0.3 is 0 Å². The molecule has 0 saturated heterocycles. The van der Waals surface area contributed by atoms with Crippen molar-refractivity contribution in [2.45, 2.75) is 70.4 Å². The van der Waals surface area contributed by atoms with Crippen molar-refractivity contribution >= 4 is 33.2 Å². The van der Waals surface area contributed by atoms with E-state index >= 15 is 0 Å². The molecule has 4 aromatic rings. The van der Waals surface area contributed by atoms with E-state index in [4.69, 9.17) is 0 Å². The number of hydrogen-bond donors (Lipinski definition) is 1. The second kappa shape index (κ2) is 8.81. The van der Waals surface area contributed by atoms with Crippen LogP contribution in [0.4, 0.5) is 0 Å². The van der Waals surface area contributed by atoms with E-state index in [0.29, 0.717) is 11.9 Å². The standard InChI is InChI=1S/C27H31N3O2/c1-2-3-15-24(26(31)28-20-12-5-4-6-13-20)30-23-17-10-9-16-22(23)29-18-19-11-7-8-14-21(19)25(29)27(30)32/h7-11,14,16-18,20,24H,2-6,12-13,15H2,1H3,(H,28,31). The van der Waals surface area contributed by atoms with Gasteiger partial charge in [0.15, 0.2) is 0 Å². The molecule has 1 saturated carbocycles. The summed E-state index contributed by atoms with van der Waals surface area (Å²) in [6.07, 6.45) is 10.2. The van der Waals surface area contributed by atoms with Crippen molar-refractivity contribution in [1.82, 2.24) is 14.3 Å². The molecule has 2 heterocycles. The molecule has 1 N–H and O–H groups in total. The summed E-state index contributed by atoms with van der Waals surface area (Å²) in [5.74, 6) is -0.0159. The molecular formula is C27H31N3O2. The fourth-order valence-corrected chi connectivity index (χ4v) is 5.29. The Bertz CT molecular complexity index is 1330. The van der Waals surface area contributed by atoms with Crippen LogP contribution in [-0.4, -0.2) is 20.9 Å². The highest BCUT2D eigenvalue weighted by Gasteiger charge is 2.27. The number of hydrogen-bond acceptors (Lipinski definition) is 2. The highest BCUT2D eigenvalue weighted by molar-refractivity contribution is 6.00. The van der Waals surface area contributed by atoms with Gasteiger partial charge in [-0.2, -0.15) is 0 Å². The summed E-state index contributed by atoms with van der Waals surface area (Å²) in [4.78, 5) is 27.6. The Morgan fingerprint density at radius 1 is 1.03 bits per heavy atom. The average molecular weight is 430 g/mol. The average Bonchev–Trinajstić information content (AvgIpc) is 3.22. The largest absolute Gasteiger partial charge is 0.352 e. The van der Waals surface area contributed by atoms with Crippen LogP contribution in [0.25, 0.3) is 27.3 Å². The van der Waals surface area contributed by atoms with Crippen molar-refractivity contribution < 1.29 is 4.79 Å². The van der Waals surface area contributed by atoms with E-state index in [2.05, 4.69) is 12.2 Å². The van der Waals surface area contributed by atoms with Gasteiger partial charge in [0.25, 0.3) is 5.56 Å². The fourth-order valence-electron chi connectivity index (χ4n) is 5.29. The number of fused-ring (bicyclic) bond motifs is 5. The highest BCUT2D eigenvalue weighted by atomic mass is 16.2. The molecule has 0 spiro atoms. The summed E-state index contributed by atoms with van der Waals surface area (Å²) < 4.78 is 3.76. The molecule has 2 aromatic heterocycles. The lowest BCUT2D eigenvalue weighted by molar-refractivity contribution is -0.125. The highest BCUT2D eigenvalue weighted by Crippen LogP contribution is 2.27. The van der Waals surface area contributed by atoms with E-state index in [-0.39, 0.29) is 17.5 Å². The maximum absolute atomic E-state index is 14.0. The van der Waals surface area contributed by atoms with Crippen molar-refractivity contribution in [2.24, 2.45) is 0 Å². The molecule has 1 fully saturated rings. The first kappa shape index (κ1) is 20.8. The molecule has 1 aliphatic rings. The van der Waals surface area contributed by atoms with E-state index in [1.807, 2.05) is 59.1 Å². The summed E-state index contributed by atoms with van der Waals surface area (Å²) in [7, 11) is 0. The molecule has 0 radical (unpaired) electrons. The molecular weight excluding hydrogens is 398 g/mol. The van der Waals surface area contributed by atoms with E-state index in [1.54, 1.807) is 4.57 Å². The van der Waals surface area contributed by atoms with Crippen molar-refractivity contribution in [3.8, 4) is 0 Å². The molecule has 1 unspecified atom stereocenters. The predicted octanol–water partition coefficient (Wildman–Crippen LogP) is 5.59. The molecule has 1 aliphatic carbocycles. The summed E-state index contributed by atoms with van der Waals surface area (Å²) in [5, 5.41) is 5.25. The van der Waals surface area contributed by atoms with Crippen molar-refractivity contribution in [3.05, 3.63) is 65.1 Å². The summed E-state index contributed by atoms with van der Waals surface area (Å²) in [5.41, 5.74) is 2.31. The number of aromatic nitrogens is 2. The van der Waals surface area contributed by atoms with Crippen LogP contribution < -0.4 is 10.9 Å². The molecule has 1 atom stereocenters. The van der Waals surface area contributed by atoms with Crippen LogP contribution in [0.3, 0.4) is 0 Å². The smallest absolute Gasteiger partial charge is 0.276 e. The first-order valence-corrected chi connectivity index (χ1v) is 12.0. The maximum Gasteiger partial charge on any atom is 0.276 e. The molecule has 0 bridgehead atoms. The van der Waals surface area contributed by atoms with Crippen LogP contribution in [0.5, 0.6) is 0 Å². The molecule has 2 aromatic carbocycles. The first-order valence-electron chi connectivity index (χ1n) is 12.0. The van der Waals surface area contributed by atoms with Gasteiger partial charge in [0.2, 0.25) is 5.91 Å². The van der Waals surface area contributed by atoms with Gasteiger partial charge in [-0.15, -0.1) is 0 Å². The third-order valence-corrected chi connectivity index (χ3v) is 6.94. The minimum Gasteiger partial charge on any atom is -0.352 e. The fraction of sp³-hybridized carbons (Fsp3) is 0.407. The lowest BCUT2D eigenvalue weighted by Crippen LogP contribution is -2.43. The van der Waals surface area contributed by atoms with Crippen molar-refractivity contribution in [2.75, 3.05) is 0 Å². The molecule has 1 amide bonds. The zero-order chi connectivity index (χ0) is 22.1. The van der Waals surface area contributed by atoms with E-state index in [1.165, 1.54) is 6.42 Å². The third kappa shape index (κ3) is 3.60. The van der Waals surface area contributed by atoms with Gasteiger partial charge in [-0.05, 0) is 31.4 Å². The Kier molecular flexibility index (Phi) is 5.73. The molecule has 5 heteroatoms. The van der Waals surface area contributed by atoms with Crippen molar-refractivity contribution in [3.63, 3.8) is 0 Å². The molecule has 5 rings (SSSR count). The zero-order valence-corrected chi connectivity index (χ0v) is 18.7. The SMILES string of the molecule is CCCCC(C(=O)NC1CCCCC1)n1c(=O)c2c3ccccc3cn2c2ccccc21. The normalized spacial score (nSPS) is 16.0. The summed E-state index contributed by atoms with van der Waals surface area (Å²) in [6, 6.07) is 15.6. The van der Waals surface area contributed by atoms with Gasteiger partial charge < -0.3 is 9.72 Å². The van der Waals surface area contributed by atoms with Crippen LogP contribution in [-0.2, 0) is 4.79 Å². The quantitative estimate of drug-likeness (QED) is 0.434. The Hall–Kier alpha value is -3.08. The lowest BCUT2D eigenvalue weighted by atomic mass is 9.95. The van der Waals surface area contributed by atoms with Crippen LogP contribution >= 0.6 is 0 Å². The summed E-state index contributed by atoms with van der Waals surface area (Å²) >= 11 is 0. The van der Waals surface area contributed by atoms with E-state index < -0.39 is 6.04 Å². The molecule has 32 heavy (non-hydrogen) atoms. The summed E-state index contributed by atoms with van der Waals surface area (Å²) in [6.45, 7) is 2.13.